The molecule has 0 saturated carbocycles. The third-order valence-corrected chi connectivity index (χ3v) is 5.46. The van der Waals surface area contributed by atoms with Crippen LogP contribution in [0.3, 0.4) is 0 Å². The summed E-state index contributed by atoms with van der Waals surface area (Å²) in [6.45, 7) is 6.14. The normalized spacial score (nSPS) is 10.8. The first-order chi connectivity index (χ1) is 13.3. The van der Waals surface area contributed by atoms with Crippen molar-refractivity contribution < 1.29 is 27.4 Å². The van der Waals surface area contributed by atoms with E-state index in [4.69, 9.17) is 14.2 Å². The maximum atomic E-state index is 12.7. The lowest BCUT2D eigenvalue weighted by molar-refractivity contribution is -0.145. The summed E-state index contributed by atoms with van der Waals surface area (Å²) in [5.74, 6) is 0.500. The molecule has 2 rings (SSSR count). The first kappa shape index (κ1) is 21.5. The van der Waals surface area contributed by atoms with Gasteiger partial charge in [-0.1, -0.05) is 5.57 Å². The van der Waals surface area contributed by atoms with Crippen molar-refractivity contribution in [2.45, 2.75) is 30.6 Å². The van der Waals surface area contributed by atoms with Crippen molar-refractivity contribution in [3.63, 3.8) is 0 Å². The molecular formula is C21H24O6S. The third-order valence-electron chi connectivity index (χ3n) is 3.67. The second kappa shape index (κ2) is 9.94. The molecule has 0 unspecified atom stereocenters. The third kappa shape index (κ3) is 6.13. The van der Waals surface area contributed by atoms with Crippen LogP contribution in [0.2, 0.25) is 0 Å². The van der Waals surface area contributed by atoms with Crippen LogP contribution in [0.25, 0.3) is 0 Å². The SMILES string of the molecule is CCOC(=O)COc1ccc(S(=O)(=O)c2ccc(OCC=C(C)C)cc2)cc1. The summed E-state index contributed by atoms with van der Waals surface area (Å²) >= 11 is 0. The highest BCUT2D eigenvalue weighted by Crippen LogP contribution is 2.25. The first-order valence-corrected chi connectivity index (χ1v) is 10.3. The molecule has 0 bridgehead atoms. The van der Waals surface area contributed by atoms with Crippen molar-refractivity contribution in [2.24, 2.45) is 0 Å². The summed E-state index contributed by atoms with van der Waals surface area (Å²) < 4.78 is 41.1. The lowest BCUT2D eigenvalue weighted by Gasteiger charge is -2.09. The standard InChI is InChI=1S/C21H24O6S/c1-4-25-21(22)15-27-18-7-11-20(12-8-18)28(23,24)19-9-5-17(6-10-19)26-14-13-16(2)3/h5-13H,4,14-15H2,1-3H3. The monoisotopic (exact) mass is 404 g/mol. The summed E-state index contributed by atoms with van der Waals surface area (Å²) in [6.07, 6.45) is 1.94. The zero-order valence-electron chi connectivity index (χ0n) is 16.2. The van der Waals surface area contributed by atoms with E-state index in [0.29, 0.717) is 18.1 Å². The molecule has 150 valence electrons. The highest BCUT2D eigenvalue weighted by molar-refractivity contribution is 7.91. The molecule has 0 amide bonds. The van der Waals surface area contributed by atoms with Crippen LogP contribution < -0.4 is 9.47 Å². The molecule has 0 aliphatic carbocycles. The predicted octanol–water partition coefficient (Wildman–Crippen LogP) is 3.81. The largest absolute Gasteiger partial charge is 0.490 e. The van der Waals surface area contributed by atoms with Crippen LogP contribution in [0, 0.1) is 0 Å². The van der Waals surface area contributed by atoms with E-state index in [1.54, 1.807) is 19.1 Å². The minimum Gasteiger partial charge on any atom is -0.490 e. The Labute approximate surface area is 165 Å². The van der Waals surface area contributed by atoms with E-state index in [1.807, 2.05) is 19.9 Å². The van der Waals surface area contributed by atoms with Gasteiger partial charge in [0, 0.05) is 0 Å². The quantitative estimate of drug-likeness (QED) is 0.467. The van der Waals surface area contributed by atoms with Gasteiger partial charge in [-0.2, -0.15) is 0 Å². The van der Waals surface area contributed by atoms with E-state index < -0.39 is 15.8 Å². The smallest absolute Gasteiger partial charge is 0.344 e. The Hall–Kier alpha value is -2.80. The average Bonchev–Trinajstić information content (AvgIpc) is 2.67. The molecule has 28 heavy (non-hydrogen) atoms. The van der Waals surface area contributed by atoms with E-state index in [0.717, 1.165) is 5.57 Å². The highest BCUT2D eigenvalue weighted by atomic mass is 32.2. The lowest BCUT2D eigenvalue weighted by Crippen LogP contribution is -2.14. The number of ether oxygens (including phenoxy) is 3. The number of rotatable bonds is 9. The molecule has 0 aromatic heterocycles. The van der Waals surface area contributed by atoms with Crippen molar-refractivity contribution in [2.75, 3.05) is 19.8 Å². The van der Waals surface area contributed by atoms with Crippen molar-refractivity contribution >= 4 is 15.8 Å². The molecule has 7 heteroatoms. The van der Waals surface area contributed by atoms with Crippen molar-refractivity contribution in [3.05, 3.63) is 60.2 Å². The predicted molar refractivity (Wildman–Crippen MR) is 105 cm³/mol. The number of sulfone groups is 1. The van der Waals surface area contributed by atoms with Gasteiger partial charge < -0.3 is 14.2 Å². The number of esters is 1. The molecule has 0 fully saturated rings. The minimum absolute atomic E-state index is 0.134. The molecule has 0 atom stereocenters. The fourth-order valence-corrected chi connectivity index (χ4v) is 3.48. The van der Waals surface area contributed by atoms with Crippen LogP contribution in [0.4, 0.5) is 0 Å². The van der Waals surface area contributed by atoms with Gasteiger partial charge in [-0.05, 0) is 75.4 Å². The molecule has 0 N–H and O–H groups in total. The van der Waals surface area contributed by atoms with E-state index in [9.17, 15) is 13.2 Å². The van der Waals surface area contributed by atoms with Crippen LogP contribution in [0.15, 0.2) is 70.0 Å². The van der Waals surface area contributed by atoms with Gasteiger partial charge in [0.15, 0.2) is 6.61 Å². The second-order valence-electron chi connectivity index (χ2n) is 6.13. The summed E-state index contributed by atoms with van der Waals surface area (Å²) in [5.41, 5.74) is 1.15. The Morgan fingerprint density at radius 2 is 1.39 bits per heavy atom. The van der Waals surface area contributed by atoms with Gasteiger partial charge in [-0.25, -0.2) is 13.2 Å². The first-order valence-electron chi connectivity index (χ1n) is 8.82. The number of allylic oxidation sites excluding steroid dienone is 1. The van der Waals surface area contributed by atoms with Gasteiger partial charge >= 0.3 is 5.97 Å². The molecule has 6 nitrogen and oxygen atoms in total. The number of hydrogen-bond donors (Lipinski definition) is 0. The van der Waals surface area contributed by atoms with Crippen LogP contribution in [0.5, 0.6) is 11.5 Å². The van der Waals surface area contributed by atoms with E-state index in [1.165, 1.54) is 36.4 Å². The van der Waals surface area contributed by atoms with E-state index >= 15 is 0 Å². The van der Waals surface area contributed by atoms with Gasteiger partial charge in [-0.3, -0.25) is 0 Å². The van der Waals surface area contributed by atoms with Crippen molar-refractivity contribution in [1.82, 2.24) is 0 Å². The highest BCUT2D eigenvalue weighted by Gasteiger charge is 2.17. The van der Waals surface area contributed by atoms with Crippen LogP contribution in [0.1, 0.15) is 20.8 Å². The number of carbonyl (C=O) groups excluding carboxylic acids is 1. The summed E-state index contributed by atoms with van der Waals surface area (Å²) in [5, 5.41) is 0. The molecule has 2 aromatic carbocycles. The maximum Gasteiger partial charge on any atom is 0.344 e. The Bertz CT molecular complexity index is 908. The Kier molecular flexibility index (Phi) is 7.63. The molecule has 0 aliphatic heterocycles. The summed E-state index contributed by atoms with van der Waals surface area (Å²) in [7, 11) is -3.66. The van der Waals surface area contributed by atoms with E-state index in [-0.39, 0.29) is 23.0 Å². The second-order valence-corrected chi connectivity index (χ2v) is 8.08. The average molecular weight is 404 g/mol. The number of benzene rings is 2. The Morgan fingerprint density at radius 3 is 1.86 bits per heavy atom. The van der Waals surface area contributed by atoms with Gasteiger partial charge in [0.1, 0.15) is 18.1 Å². The fraction of sp³-hybridized carbons (Fsp3) is 0.286. The van der Waals surface area contributed by atoms with Crippen LogP contribution in [-0.4, -0.2) is 34.2 Å². The van der Waals surface area contributed by atoms with Gasteiger partial charge in [-0.15, -0.1) is 0 Å². The van der Waals surface area contributed by atoms with Crippen LogP contribution >= 0.6 is 0 Å². The van der Waals surface area contributed by atoms with Crippen molar-refractivity contribution in [3.8, 4) is 11.5 Å². The molecule has 2 aromatic rings. The van der Waals surface area contributed by atoms with Gasteiger partial charge in [0.2, 0.25) is 9.84 Å². The zero-order valence-corrected chi connectivity index (χ0v) is 17.0. The van der Waals surface area contributed by atoms with Crippen LogP contribution in [-0.2, 0) is 19.4 Å². The maximum absolute atomic E-state index is 12.7. The summed E-state index contributed by atoms with van der Waals surface area (Å²) in [6, 6.07) is 12.2. The molecule has 0 radical (unpaired) electrons. The van der Waals surface area contributed by atoms with Gasteiger partial charge in [0.05, 0.1) is 16.4 Å². The molecule has 0 spiro atoms. The Morgan fingerprint density at radius 1 is 0.893 bits per heavy atom. The fourth-order valence-electron chi connectivity index (χ4n) is 2.22. The Balaban J connectivity index is 2.05. The van der Waals surface area contributed by atoms with Gasteiger partial charge in [0.25, 0.3) is 0 Å². The minimum atomic E-state index is -3.66. The number of hydrogen-bond acceptors (Lipinski definition) is 6. The molecule has 0 aliphatic rings. The molecular weight excluding hydrogens is 380 g/mol. The zero-order chi connectivity index (χ0) is 20.6. The number of carbonyl (C=O) groups is 1. The molecule has 0 saturated heterocycles. The lowest BCUT2D eigenvalue weighted by atomic mass is 10.3. The van der Waals surface area contributed by atoms with E-state index in [2.05, 4.69) is 0 Å². The van der Waals surface area contributed by atoms with Crippen molar-refractivity contribution in [1.29, 1.82) is 0 Å². The summed E-state index contributed by atoms with van der Waals surface area (Å²) in [4.78, 5) is 11.6. The topological polar surface area (TPSA) is 78.9 Å². The molecule has 0 heterocycles.